The second-order valence-corrected chi connectivity index (χ2v) is 7.12. The molecule has 2 heterocycles. The number of urea groups is 1. The number of methoxy groups -OCH3 is 1. The highest BCUT2D eigenvalue weighted by atomic mass is 16.5. The number of hydrogen-bond donors (Lipinski definition) is 3. The monoisotopic (exact) mass is 406 g/mol. The van der Waals surface area contributed by atoms with E-state index in [9.17, 15) is 14.4 Å². The number of H-pyrrole nitrogens is 1. The Kier molecular flexibility index (Phi) is 5.38. The standard InChI is InChI=1S/C22H22N4O4/c1-30-16-6-4-5-14(9-16)11-24-20(27)13-26-21(28)19(25-22(26)29)10-15-12-23-18-8-3-2-7-17(15)18/h2-9,12,19,23H,10-11,13H2,1H3,(H,24,27)(H,25,29). The molecule has 0 saturated carbocycles. The summed E-state index contributed by atoms with van der Waals surface area (Å²) in [6.07, 6.45) is 2.20. The first-order valence-electron chi connectivity index (χ1n) is 9.61. The lowest BCUT2D eigenvalue weighted by Gasteiger charge is -2.13. The first-order valence-corrected chi connectivity index (χ1v) is 9.61. The summed E-state index contributed by atoms with van der Waals surface area (Å²) in [5.41, 5.74) is 2.77. The van der Waals surface area contributed by atoms with Crippen LogP contribution in [-0.2, 0) is 22.6 Å². The fourth-order valence-electron chi connectivity index (χ4n) is 3.57. The van der Waals surface area contributed by atoms with Gasteiger partial charge in [0.05, 0.1) is 7.11 Å². The Labute approximate surface area is 173 Å². The van der Waals surface area contributed by atoms with E-state index in [0.29, 0.717) is 12.2 Å². The Bertz CT molecular complexity index is 1110. The summed E-state index contributed by atoms with van der Waals surface area (Å²) < 4.78 is 5.16. The van der Waals surface area contributed by atoms with Crippen LogP contribution < -0.4 is 15.4 Å². The zero-order chi connectivity index (χ0) is 21.1. The van der Waals surface area contributed by atoms with E-state index >= 15 is 0 Å². The Morgan fingerprint density at radius 1 is 1.17 bits per heavy atom. The summed E-state index contributed by atoms with van der Waals surface area (Å²) in [7, 11) is 1.57. The maximum atomic E-state index is 12.7. The highest BCUT2D eigenvalue weighted by Crippen LogP contribution is 2.21. The minimum Gasteiger partial charge on any atom is -0.497 e. The van der Waals surface area contributed by atoms with Gasteiger partial charge in [-0.3, -0.25) is 14.5 Å². The van der Waals surface area contributed by atoms with Crippen LogP contribution in [0.4, 0.5) is 4.79 Å². The first-order chi connectivity index (χ1) is 14.5. The number of amides is 4. The van der Waals surface area contributed by atoms with E-state index in [0.717, 1.165) is 26.9 Å². The summed E-state index contributed by atoms with van der Waals surface area (Å²) in [6.45, 7) is -0.0442. The summed E-state index contributed by atoms with van der Waals surface area (Å²) in [5.74, 6) is -0.119. The van der Waals surface area contributed by atoms with E-state index in [2.05, 4.69) is 15.6 Å². The van der Waals surface area contributed by atoms with E-state index in [1.807, 2.05) is 54.7 Å². The van der Waals surface area contributed by atoms with Gasteiger partial charge in [-0.05, 0) is 29.3 Å². The number of hydrogen-bond acceptors (Lipinski definition) is 4. The maximum absolute atomic E-state index is 12.7. The number of nitrogens with one attached hydrogen (secondary N) is 3. The molecule has 0 radical (unpaired) electrons. The smallest absolute Gasteiger partial charge is 0.325 e. The molecule has 0 aliphatic carbocycles. The molecule has 4 rings (SSSR count). The van der Waals surface area contributed by atoms with Crippen molar-refractivity contribution >= 4 is 28.7 Å². The molecule has 1 aliphatic rings. The van der Waals surface area contributed by atoms with Crippen molar-refractivity contribution in [3.8, 4) is 5.75 Å². The van der Waals surface area contributed by atoms with Crippen LogP contribution >= 0.6 is 0 Å². The molecule has 154 valence electrons. The quantitative estimate of drug-likeness (QED) is 0.522. The van der Waals surface area contributed by atoms with Crippen LogP contribution in [0.1, 0.15) is 11.1 Å². The number of nitrogens with zero attached hydrogens (tertiary/aromatic N) is 1. The van der Waals surface area contributed by atoms with Gasteiger partial charge in [0.1, 0.15) is 18.3 Å². The number of ether oxygens (including phenoxy) is 1. The van der Waals surface area contributed by atoms with Gasteiger partial charge in [-0.15, -0.1) is 0 Å². The molecule has 1 aliphatic heterocycles. The Hall–Kier alpha value is -3.81. The van der Waals surface area contributed by atoms with Gasteiger partial charge in [0.15, 0.2) is 0 Å². The van der Waals surface area contributed by atoms with Crippen molar-refractivity contribution in [2.24, 2.45) is 0 Å². The van der Waals surface area contributed by atoms with Crippen LogP contribution in [0.2, 0.25) is 0 Å². The average molecular weight is 406 g/mol. The molecule has 2 aromatic carbocycles. The molecule has 0 spiro atoms. The lowest BCUT2D eigenvalue weighted by atomic mass is 10.1. The fraction of sp³-hybridized carbons (Fsp3) is 0.227. The van der Waals surface area contributed by atoms with Crippen molar-refractivity contribution in [2.75, 3.05) is 13.7 Å². The van der Waals surface area contributed by atoms with Crippen LogP contribution in [-0.4, -0.2) is 47.4 Å². The molecule has 30 heavy (non-hydrogen) atoms. The maximum Gasteiger partial charge on any atom is 0.325 e. The number of imide groups is 1. The van der Waals surface area contributed by atoms with Crippen molar-refractivity contribution in [1.29, 1.82) is 0 Å². The third kappa shape index (κ3) is 3.98. The van der Waals surface area contributed by atoms with Gasteiger partial charge in [0.25, 0.3) is 5.91 Å². The van der Waals surface area contributed by atoms with E-state index in [-0.39, 0.29) is 13.1 Å². The second-order valence-electron chi connectivity index (χ2n) is 7.12. The van der Waals surface area contributed by atoms with Crippen molar-refractivity contribution in [3.05, 3.63) is 65.9 Å². The van der Waals surface area contributed by atoms with E-state index in [4.69, 9.17) is 4.74 Å². The fourth-order valence-corrected chi connectivity index (χ4v) is 3.57. The summed E-state index contributed by atoms with van der Waals surface area (Å²) in [6, 6.07) is 13.8. The van der Waals surface area contributed by atoms with Gasteiger partial charge in [-0.1, -0.05) is 30.3 Å². The minimum atomic E-state index is -0.692. The predicted molar refractivity (Wildman–Crippen MR) is 111 cm³/mol. The summed E-state index contributed by atoms with van der Waals surface area (Å²) in [5, 5.41) is 6.42. The lowest BCUT2D eigenvalue weighted by Crippen LogP contribution is -2.41. The number of benzene rings is 2. The molecular formula is C22H22N4O4. The molecule has 0 bridgehead atoms. The van der Waals surface area contributed by atoms with Gasteiger partial charge in [0.2, 0.25) is 5.91 Å². The number of rotatable bonds is 7. The van der Waals surface area contributed by atoms with Gasteiger partial charge >= 0.3 is 6.03 Å². The number of para-hydroxylation sites is 1. The van der Waals surface area contributed by atoms with Crippen LogP contribution in [0.3, 0.4) is 0 Å². The van der Waals surface area contributed by atoms with Crippen molar-refractivity contribution in [2.45, 2.75) is 19.0 Å². The third-order valence-electron chi connectivity index (χ3n) is 5.13. The zero-order valence-corrected chi connectivity index (χ0v) is 16.5. The first kappa shape index (κ1) is 19.5. The van der Waals surface area contributed by atoms with E-state index < -0.39 is 23.9 Å². The lowest BCUT2D eigenvalue weighted by molar-refractivity contribution is -0.132. The second kappa shape index (κ2) is 8.28. The Balaban J connectivity index is 1.36. The van der Waals surface area contributed by atoms with Crippen molar-refractivity contribution in [3.63, 3.8) is 0 Å². The Morgan fingerprint density at radius 3 is 2.83 bits per heavy atom. The molecule has 4 amide bonds. The number of carbonyl (C=O) groups is 3. The van der Waals surface area contributed by atoms with Gasteiger partial charge in [-0.2, -0.15) is 0 Å². The molecule has 1 aromatic heterocycles. The molecule has 1 unspecified atom stereocenters. The van der Waals surface area contributed by atoms with Gasteiger partial charge in [-0.25, -0.2) is 4.79 Å². The largest absolute Gasteiger partial charge is 0.497 e. The molecule has 3 N–H and O–H groups in total. The normalized spacial score (nSPS) is 16.0. The van der Waals surface area contributed by atoms with Crippen molar-refractivity contribution < 1.29 is 19.1 Å². The average Bonchev–Trinajstić information content (AvgIpc) is 3.29. The van der Waals surface area contributed by atoms with E-state index in [1.54, 1.807) is 7.11 Å². The highest BCUT2D eigenvalue weighted by Gasteiger charge is 2.39. The number of carbonyl (C=O) groups excluding carboxylic acids is 3. The van der Waals surface area contributed by atoms with Gasteiger partial charge < -0.3 is 20.4 Å². The SMILES string of the molecule is COc1cccc(CNC(=O)CN2C(=O)NC(Cc3c[nH]c4ccccc34)C2=O)c1. The molecular weight excluding hydrogens is 384 g/mol. The summed E-state index contributed by atoms with van der Waals surface area (Å²) in [4.78, 5) is 41.4. The molecule has 1 saturated heterocycles. The summed E-state index contributed by atoms with van der Waals surface area (Å²) >= 11 is 0. The minimum absolute atomic E-state index is 0.276. The molecule has 8 nitrogen and oxygen atoms in total. The molecule has 3 aromatic rings. The number of fused-ring (bicyclic) bond motifs is 1. The zero-order valence-electron chi connectivity index (χ0n) is 16.5. The number of aromatic nitrogens is 1. The number of aromatic amines is 1. The van der Waals surface area contributed by atoms with Crippen LogP contribution in [0.25, 0.3) is 10.9 Å². The molecule has 1 fully saturated rings. The molecule has 8 heteroatoms. The van der Waals surface area contributed by atoms with Crippen LogP contribution in [0.15, 0.2) is 54.7 Å². The van der Waals surface area contributed by atoms with Crippen LogP contribution in [0, 0.1) is 0 Å². The van der Waals surface area contributed by atoms with Crippen molar-refractivity contribution in [1.82, 2.24) is 20.5 Å². The highest BCUT2D eigenvalue weighted by molar-refractivity contribution is 6.06. The predicted octanol–water partition coefficient (Wildman–Crippen LogP) is 1.96. The van der Waals surface area contributed by atoms with Crippen LogP contribution in [0.5, 0.6) is 5.75 Å². The molecule has 1 atom stereocenters. The van der Waals surface area contributed by atoms with E-state index in [1.165, 1.54) is 0 Å². The Morgan fingerprint density at radius 2 is 2.00 bits per heavy atom. The van der Waals surface area contributed by atoms with Gasteiger partial charge in [0, 0.05) is 30.1 Å². The topological polar surface area (TPSA) is 104 Å². The third-order valence-corrected chi connectivity index (χ3v) is 5.13.